The highest BCUT2D eigenvalue weighted by Gasteiger charge is 1.97. The van der Waals surface area contributed by atoms with Gasteiger partial charge >= 0.3 is 0 Å². The monoisotopic (exact) mass is 186 g/mol. The molecule has 3 N–H and O–H groups in total. The van der Waals surface area contributed by atoms with Crippen LogP contribution in [0, 0.1) is 0 Å². The minimum atomic E-state index is -0.242. The van der Waals surface area contributed by atoms with Crippen LogP contribution in [0.15, 0.2) is 17.1 Å². The van der Waals surface area contributed by atoms with Crippen LogP contribution in [0.5, 0.6) is 0 Å². The lowest BCUT2D eigenvalue weighted by Gasteiger charge is -1.98. The molecule has 0 unspecified atom stereocenters. The number of aromatic nitrogens is 1. The Bertz CT molecular complexity index is 308. The molecule has 0 amide bonds. The first-order valence-electron chi connectivity index (χ1n) is 3.81. The fourth-order valence-electron chi connectivity index (χ4n) is 0.948. The summed E-state index contributed by atoms with van der Waals surface area (Å²) in [4.78, 5) is 13.4. The molecule has 0 bridgehead atoms. The van der Waals surface area contributed by atoms with Crippen molar-refractivity contribution in [1.82, 2.24) is 4.98 Å². The highest BCUT2D eigenvalue weighted by molar-refractivity contribution is 6.30. The number of nitrogens with two attached hydrogens (primary N) is 1. The van der Waals surface area contributed by atoms with Crippen molar-refractivity contribution in [1.29, 1.82) is 0 Å². The first-order chi connectivity index (χ1) is 5.74. The van der Waals surface area contributed by atoms with Crippen LogP contribution in [-0.2, 0) is 6.42 Å². The molecule has 0 radical (unpaired) electrons. The molecule has 0 saturated heterocycles. The molecule has 0 aromatic carbocycles. The number of hydrogen-bond donors (Lipinski definition) is 2. The summed E-state index contributed by atoms with van der Waals surface area (Å²) in [5.41, 5.74) is 6.12. The largest absolute Gasteiger partial charge is 0.330 e. The van der Waals surface area contributed by atoms with Crippen LogP contribution in [0.3, 0.4) is 0 Å². The first kappa shape index (κ1) is 9.29. The summed E-state index contributed by atoms with van der Waals surface area (Å²) in [7, 11) is 0. The molecule has 1 rings (SSSR count). The zero-order valence-corrected chi connectivity index (χ0v) is 7.40. The number of aromatic amines is 1. The Kier molecular flexibility index (Phi) is 3.31. The van der Waals surface area contributed by atoms with Crippen LogP contribution in [0.1, 0.15) is 12.0 Å². The number of pyridine rings is 1. The molecule has 0 aliphatic heterocycles. The molecule has 4 heteroatoms. The van der Waals surface area contributed by atoms with Gasteiger partial charge in [-0.1, -0.05) is 11.6 Å². The lowest BCUT2D eigenvalue weighted by Crippen LogP contribution is -2.07. The fourth-order valence-corrected chi connectivity index (χ4v) is 1.14. The van der Waals surface area contributed by atoms with Crippen molar-refractivity contribution >= 4 is 11.6 Å². The molecule has 0 spiro atoms. The Balaban J connectivity index is 2.75. The average Bonchev–Trinajstić information content (AvgIpc) is 2.07. The van der Waals surface area contributed by atoms with Crippen LogP contribution < -0.4 is 11.3 Å². The minimum absolute atomic E-state index is 0.240. The third-order valence-electron chi connectivity index (χ3n) is 1.59. The Morgan fingerprint density at radius 1 is 1.58 bits per heavy atom. The molecule has 0 aliphatic rings. The van der Waals surface area contributed by atoms with E-state index in [1.165, 1.54) is 0 Å². The maximum Gasteiger partial charge on any atom is 0.266 e. The molecule has 3 nitrogen and oxygen atoms in total. The van der Waals surface area contributed by atoms with Gasteiger partial charge in [-0.2, -0.15) is 0 Å². The molecule has 12 heavy (non-hydrogen) atoms. The van der Waals surface area contributed by atoms with Gasteiger partial charge in [0.1, 0.15) is 5.02 Å². The first-order valence-corrected chi connectivity index (χ1v) is 4.19. The lowest BCUT2D eigenvalue weighted by atomic mass is 10.2. The van der Waals surface area contributed by atoms with E-state index < -0.39 is 0 Å². The van der Waals surface area contributed by atoms with Crippen LogP contribution in [-0.4, -0.2) is 11.5 Å². The second-order valence-electron chi connectivity index (χ2n) is 2.58. The van der Waals surface area contributed by atoms with Crippen molar-refractivity contribution in [3.63, 3.8) is 0 Å². The summed E-state index contributed by atoms with van der Waals surface area (Å²) in [5.74, 6) is 0. The summed E-state index contributed by atoms with van der Waals surface area (Å²) in [6, 6.07) is 1.68. The Hall–Kier alpha value is -0.800. The normalized spacial score (nSPS) is 10.2. The summed E-state index contributed by atoms with van der Waals surface area (Å²) >= 11 is 5.62. The molecule has 1 aromatic heterocycles. The third kappa shape index (κ3) is 2.36. The second kappa shape index (κ2) is 4.28. The van der Waals surface area contributed by atoms with Gasteiger partial charge in [0, 0.05) is 6.20 Å². The maximum atomic E-state index is 10.8. The Labute approximate surface area is 75.6 Å². The van der Waals surface area contributed by atoms with Crippen LogP contribution >= 0.6 is 11.6 Å². The second-order valence-corrected chi connectivity index (χ2v) is 2.98. The number of aryl methyl sites for hydroxylation is 1. The van der Waals surface area contributed by atoms with Gasteiger partial charge in [-0.25, -0.2) is 0 Å². The van der Waals surface area contributed by atoms with E-state index >= 15 is 0 Å². The van der Waals surface area contributed by atoms with E-state index in [0.29, 0.717) is 6.54 Å². The summed E-state index contributed by atoms with van der Waals surface area (Å²) in [6.45, 7) is 0.650. The van der Waals surface area contributed by atoms with Crippen LogP contribution in [0.25, 0.3) is 0 Å². The highest BCUT2D eigenvalue weighted by atomic mass is 35.5. The lowest BCUT2D eigenvalue weighted by molar-refractivity contribution is 0.828. The van der Waals surface area contributed by atoms with E-state index in [1.807, 2.05) is 0 Å². The number of halogens is 1. The molecular formula is C8H11ClN2O. The smallest absolute Gasteiger partial charge is 0.266 e. The van der Waals surface area contributed by atoms with E-state index in [9.17, 15) is 4.79 Å². The van der Waals surface area contributed by atoms with Crippen molar-refractivity contribution in [2.24, 2.45) is 5.73 Å². The topological polar surface area (TPSA) is 58.9 Å². The molecule has 1 heterocycles. The number of hydrogen-bond acceptors (Lipinski definition) is 2. The fraction of sp³-hybridized carbons (Fsp3) is 0.375. The van der Waals surface area contributed by atoms with Gasteiger partial charge in [0.25, 0.3) is 5.56 Å². The quantitative estimate of drug-likeness (QED) is 0.738. The van der Waals surface area contributed by atoms with Gasteiger partial charge in [-0.3, -0.25) is 4.79 Å². The third-order valence-corrected chi connectivity index (χ3v) is 1.87. The maximum absolute atomic E-state index is 10.8. The van der Waals surface area contributed by atoms with Crippen molar-refractivity contribution in [3.8, 4) is 0 Å². The van der Waals surface area contributed by atoms with Gasteiger partial charge in [0.2, 0.25) is 0 Å². The van der Waals surface area contributed by atoms with E-state index in [-0.39, 0.29) is 10.6 Å². The molecule has 66 valence electrons. The number of rotatable bonds is 3. The van der Waals surface area contributed by atoms with E-state index in [4.69, 9.17) is 17.3 Å². The highest BCUT2D eigenvalue weighted by Crippen LogP contribution is 2.05. The minimum Gasteiger partial charge on any atom is -0.330 e. The van der Waals surface area contributed by atoms with Gasteiger partial charge in [0.15, 0.2) is 0 Å². The zero-order chi connectivity index (χ0) is 8.97. The molecule has 1 aromatic rings. The molecule has 0 fully saturated rings. The van der Waals surface area contributed by atoms with E-state index in [0.717, 1.165) is 18.4 Å². The van der Waals surface area contributed by atoms with E-state index in [1.54, 1.807) is 12.3 Å². The summed E-state index contributed by atoms with van der Waals surface area (Å²) in [5, 5.41) is 0.240. The zero-order valence-electron chi connectivity index (χ0n) is 6.64. The molecule has 0 aliphatic carbocycles. The Morgan fingerprint density at radius 3 is 2.92 bits per heavy atom. The number of nitrogens with one attached hydrogen (secondary N) is 1. The standard InChI is InChI=1S/C8H11ClN2O/c9-7-4-6(2-1-3-10)5-11-8(7)12/h4-5H,1-3,10H2,(H,11,12). The van der Waals surface area contributed by atoms with Crippen molar-refractivity contribution in [2.45, 2.75) is 12.8 Å². The van der Waals surface area contributed by atoms with Crippen LogP contribution in [0.2, 0.25) is 5.02 Å². The summed E-state index contributed by atoms with van der Waals surface area (Å²) in [6.07, 6.45) is 3.43. The molecule has 0 saturated carbocycles. The van der Waals surface area contributed by atoms with Gasteiger partial charge in [-0.05, 0) is 31.0 Å². The van der Waals surface area contributed by atoms with Crippen molar-refractivity contribution < 1.29 is 0 Å². The number of H-pyrrole nitrogens is 1. The van der Waals surface area contributed by atoms with Crippen molar-refractivity contribution in [3.05, 3.63) is 33.2 Å². The van der Waals surface area contributed by atoms with Gasteiger partial charge in [-0.15, -0.1) is 0 Å². The van der Waals surface area contributed by atoms with Gasteiger partial charge in [0.05, 0.1) is 0 Å². The van der Waals surface area contributed by atoms with Crippen LogP contribution in [0.4, 0.5) is 0 Å². The Morgan fingerprint density at radius 2 is 2.33 bits per heavy atom. The average molecular weight is 187 g/mol. The predicted molar refractivity (Wildman–Crippen MR) is 49.4 cm³/mol. The molecular weight excluding hydrogens is 176 g/mol. The SMILES string of the molecule is NCCCc1c[nH]c(=O)c(Cl)c1. The van der Waals surface area contributed by atoms with E-state index in [2.05, 4.69) is 4.98 Å². The summed E-state index contributed by atoms with van der Waals surface area (Å²) < 4.78 is 0. The predicted octanol–water partition coefficient (Wildman–Crippen LogP) is 0.920. The van der Waals surface area contributed by atoms with Crippen molar-refractivity contribution in [2.75, 3.05) is 6.54 Å². The molecule has 0 atom stereocenters. The van der Waals surface area contributed by atoms with Gasteiger partial charge < -0.3 is 10.7 Å².